The van der Waals surface area contributed by atoms with E-state index in [1.54, 1.807) is 16.2 Å². The van der Waals surface area contributed by atoms with Gasteiger partial charge in [0.15, 0.2) is 0 Å². The lowest BCUT2D eigenvalue weighted by molar-refractivity contribution is -0.154. The van der Waals surface area contributed by atoms with Gasteiger partial charge in [0.05, 0.1) is 11.0 Å². The van der Waals surface area contributed by atoms with Crippen molar-refractivity contribution in [2.24, 2.45) is 7.05 Å². The molecular weight excluding hydrogens is 418 g/mol. The van der Waals surface area contributed by atoms with E-state index < -0.39 is 11.6 Å². The Kier molecular flexibility index (Phi) is 8.38. The molecule has 182 valence electrons. The molecule has 0 radical (unpaired) electrons. The number of aryl methyl sites for hydroxylation is 2. The Labute approximate surface area is 196 Å². The highest BCUT2D eigenvalue weighted by molar-refractivity contribution is 5.85. The second-order valence-corrected chi connectivity index (χ2v) is 10.2. The van der Waals surface area contributed by atoms with E-state index in [0.29, 0.717) is 19.4 Å². The molecule has 0 bridgehead atoms. The van der Waals surface area contributed by atoms with Crippen molar-refractivity contribution in [3.05, 3.63) is 34.2 Å². The van der Waals surface area contributed by atoms with Crippen LogP contribution >= 0.6 is 0 Å². The fourth-order valence-electron chi connectivity index (χ4n) is 4.70. The van der Waals surface area contributed by atoms with Crippen LogP contribution in [0.5, 0.6) is 0 Å². The second kappa shape index (κ2) is 11.0. The van der Waals surface area contributed by atoms with E-state index >= 15 is 0 Å². The van der Waals surface area contributed by atoms with Crippen molar-refractivity contribution in [3.8, 4) is 0 Å². The van der Waals surface area contributed by atoms with E-state index in [1.807, 2.05) is 32.9 Å². The summed E-state index contributed by atoms with van der Waals surface area (Å²) in [5.41, 5.74) is 2.39. The Hall–Kier alpha value is -2.57. The van der Waals surface area contributed by atoms with E-state index in [4.69, 9.17) is 4.74 Å². The molecule has 0 aliphatic carbocycles. The summed E-state index contributed by atoms with van der Waals surface area (Å²) in [4.78, 5) is 37.5. The zero-order chi connectivity index (χ0) is 24.0. The van der Waals surface area contributed by atoms with E-state index in [1.165, 1.54) is 0 Å². The number of para-hydroxylation sites is 1. The first-order valence-electron chi connectivity index (χ1n) is 12.4. The molecule has 0 spiro atoms. The van der Waals surface area contributed by atoms with Gasteiger partial charge < -0.3 is 10.1 Å². The van der Waals surface area contributed by atoms with Crippen molar-refractivity contribution in [3.63, 3.8) is 0 Å². The van der Waals surface area contributed by atoms with Crippen LogP contribution in [0.1, 0.15) is 90.2 Å². The highest BCUT2D eigenvalue weighted by atomic mass is 16.6. The maximum absolute atomic E-state index is 13.1. The Morgan fingerprint density at radius 2 is 1.82 bits per heavy atom. The molecule has 1 unspecified atom stereocenters. The molecule has 1 amide bonds. The third-order valence-corrected chi connectivity index (χ3v) is 6.25. The SMILES string of the molecule is Cn1c(=O)n(C2CCCCNC2=O)c2cccc(CCCCCCCC(=O)OC(C)(C)C)c21. The van der Waals surface area contributed by atoms with Gasteiger partial charge in [-0.1, -0.05) is 31.4 Å². The molecular formula is C26H39N3O4. The number of aromatic nitrogens is 2. The number of rotatable bonds is 9. The number of amides is 1. The van der Waals surface area contributed by atoms with Crippen molar-refractivity contribution >= 4 is 22.9 Å². The van der Waals surface area contributed by atoms with Gasteiger partial charge in [0, 0.05) is 20.0 Å². The van der Waals surface area contributed by atoms with Crippen LogP contribution in [-0.4, -0.2) is 33.2 Å². The average molecular weight is 458 g/mol. The maximum Gasteiger partial charge on any atom is 0.329 e. The predicted octanol–water partition coefficient (Wildman–Crippen LogP) is 4.41. The second-order valence-electron chi connectivity index (χ2n) is 10.2. The zero-order valence-electron chi connectivity index (χ0n) is 20.6. The zero-order valence-corrected chi connectivity index (χ0v) is 20.6. The average Bonchev–Trinajstić information content (AvgIpc) is 2.87. The number of nitrogens with one attached hydrogen (secondary N) is 1. The van der Waals surface area contributed by atoms with Crippen LogP contribution in [0.2, 0.25) is 0 Å². The van der Waals surface area contributed by atoms with Crippen LogP contribution in [0.3, 0.4) is 0 Å². The van der Waals surface area contributed by atoms with Crippen molar-refractivity contribution in [2.75, 3.05) is 6.54 Å². The highest BCUT2D eigenvalue weighted by Gasteiger charge is 2.27. The molecule has 1 fully saturated rings. The first-order valence-corrected chi connectivity index (χ1v) is 12.4. The molecule has 1 aliphatic heterocycles. The van der Waals surface area contributed by atoms with Gasteiger partial charge in [-0.2, -0.15) is 0 Å². The number of hydrogen-bond acceptors (Lipinski definition) is 4. The third kappa shape index (κ3) is 6.49. The van der Waals surface area contributed by atoms with Gasteiger partial charge in [-0.05, 0) is 70.9 Å². The molecule has 1 saturated heterocycles. The number of unbranched alkanes of at least 4 members (excludes halogenated alkanes) is 4. The number of esters is 1. The number of carbonyl (C=O) groups excluding carboxylic acids is 2. The number of nitrogens with zero attached hydrogens (tertiary/aromatic N) is 2. The molecule has 0 saturated carbocycles. The molecule has 2 aromatic rings. The van der Waals surface area contributed by atoms with E-state index in [-0.39, 0.29) is 17.6 Å². The van der Waals surface area contributed by atoms with E-state index in [9.17, 15) is 14.4 Å². The number of ether oxygens (including phenoxy) is 1. The van der Waals surface area contributed by atoms with Gasteiger partial charge in [-0.25, -0.2) is 4.79 Å². The minimum atomic E-state index is -0.441. The molecule has 1 aromatic heterocycles. The first-order chi connectivity index (χ1) is 15.7. The van der Waals surface area contributed by atoms with Gasteiger partial charge in [0.2, 0.25) is 5.91 Å². The van der Waals surface area contributed by atoms with E-state index in [2.05, 4.69) is 11.4 Å². The minimum absolute atomic E-state index is 0.0566. The molecule has 1 atom stereocenters. The van der Waals surface area contributed by atoms with Gasteiger partial charge in [-0.15, -0.1) is 0 Å². The van der Waals surface area contributed by atoms with Crippen LogP contribution in [0.15, 0.2) is 23.0 Å². The van der Waals surface area contributed by atoms with Crippen LogP contribution in [0.4, 0.5) is 0 Å². The smallest absolute Gasteiger partial charge is 0.329 e. The lowest BCUT2D eigenvalue weighted by Gasteiger charge is -2.19. The Balaban J connectivity index is 1.58. The molecule has 1 aromatic carbocycles. The van der Waals surface area contributed by atoms with Crippen LogP contribution < -0.4 is 11.0 Å². The highest BCUT2D eigenvalue weighted by Crippen LogP contribution is 2.26. The fraction of sp³-hybridized carbons (Fsp3) is 0.654. The fourth-order valence-corrected chi connectivity index (χ4v) is 4.70. The molecule has 33 heavy (non-hydrogen) atoms. The summed E-state index contributed by atoms with van der Waals surface area (Å²) in [6, 6.07) is 5.59. The third-order valence-electron chi connectivity index (χ3n) is 6.25. The van der Waals surface area contributed by atoms with Gasteiger partial charge in [-0.3, -0.25) is 18.7 Å². The van der Waals surface area contributed by atoms with E-state index in [0.717, 1.165) is 68.0 Å². The number of benzene rings is 1. The van der Waals surface area contributed by atoms with Crippen LogP contribution in [0, 0.1) is 0 Å². The molecule has 1 aliphatic rings. The lowest BCUT2D eigenvalue weighted by Crippen LogP contribution is -2.36. The number of hydrogen-bond donors (Lipinski definition) is 1. The molecule has 7 nitrogen and oxygen atoms in total. The summed E-state index contributed by atoms with van der Waals surface area (Å²) in [7, 11) is 1.80. The van der Waals surface area contributed by atoms with Gasteiger partial charge in [0.1, 0.15) is 11.6 Å². The largest absolute Gasteiger partial charge is 0.460 e. The number of imidazole rings is 1. The standard InChI is InChI=1S/C26H39N3O4/c1-26(2,3)33-22(30)17-9-7-5-6-8-13-19-14-12-16-20-23(19)28(4)25(32)29(20)21-15-10-11-18-27-24(21)31/h12,14,16,21H,5-11,13,15,17-18H2,1-4H3,(H,27,31). The van der Waals surface area contributed by atoms with Crippen LogP contribution in [-0.2, 0) is 27.8 Å². The monoisotopic (exact) mass is 457 g/mol. The topological polar surface area (TPSA) is 82.3 Å². The van der Waals surface area contributed by atoms with Crippen molar-refractivity contribution < 1.29 is 14.3 Å². The van der Waals surface area contributed by atoms with Crippen molar-refractivity contribution in [2.45, 2.75) is 96.6 Å². The van der Waals surface area contributed by atoms with Gasteiger partial charge in [0.25, 0.3) is 0 Å². The minimum Gasteiger partial charge on any atom is -0.460 e. The molecule has 7 heteroatoms. The van der Waals surface area contributed by atoms with Crippen molar-refractivity contribution in [1.82, 2.24) is 14.5 Å². The Morgan fingerprint density at radius 1 is 1.09 bits per heavy atom. The molecule has 1 N–H and O–H groups in total. The number of carbonyl (C=O) groups is 2. The molecule has 3 rings (SSSR count). The summed E-state index contributed by atoms with van der Waals surface area (Å²) in [6.07, 6.45) is 8.96. The summed E-state index contributed by atoms with van der Waals surface area (Å²) >= 11 is 0. The van der Waals surface area contributed by atoms with Crippen LogP contribution in [0.25, 0.3) is 11.0 Å². The van der Waals surface area contributed by atoms with Crippen molar-refractivity contribution in [1.29, 1.82) is 0 Å². The molecule has 2 heterocycles. The summed E-state index contributed by atoms with van der Waals surface area (Å²) < 4.78 is 8.74. The van der Waals surface area contributed by atoms with Gasteiger partial charge >= 0.3 is 11.7 Å². The summed E-state index contributed by atoms with van der Waals surface area (Å²) in [5.74, 6) is -0.180. The lowest BCUT2D eigenvalue weighted by atomic mass is 10.0. The quantitative estimate of drug-likeness (QED) is 0.447. The predicted molar refractivity (Wildman–Crippen MR) is 130 cm³/mol. The summed E-state index contributed by atoms with van der Waals surface area (Å²) in [6.45, 7) is 6.35. The Bertz CT molecular complexity index is 1030. The maximum atomic E-state index is 13.1. The normalized spacial score (nSPS) is 17.1. The summed E-state index contributed by atoms with van der Waals surface area (Å²) in [5, 5.41) is 2.95. The number of fused-ring (bicyclic) bond motifs is 1. The first kappa shape index (κ1) is 25.1. The Morgan fingerprint density at radius 3 is 2.58 bits per heavy atom.